The number of carbonyl (C=O) groups is 1. The van der Waals surface area contributed by atoms with Crippen LogP contribution in [0.1, 0.15) is 20.8 Å². The highest BCUT2D eigenvalue weighted by atomic mass is 35.5. The van der Waals surface area contributed by atoms with Gasteiger partial charge >= 0.3 is 0 Å². The van der Waals surface area contributed by atoms with E-state index in [4.69, 9.17) is 11.6 Å². The molecule has 0 atom stereocenters. The monoisotopic (exact) mass is 409 g/mol. The van der Waals surface area contributed by atoms with Crippen LogP contribution in [0.15, 0.2) is 21.3 Å². The van der Waals surface area contributed by atoms with Gasteiger partial charge in [-0.25, -0.2) is 13.1 Å². The zero-order chi connectivity index (χ0) is 19.1. The summed E-state index contributed by atoms with van der Waals surface area (Å²) in [6.45, 7) is 6.21. The fraction of sp³-hybridized carbons (Fsp3) is 0.571. The third-order valence-electron chi connectivity index (χ3n) is 2.68. The van der Waals surface area contributed by atoms with Crippen LogP contribution < -0.4 is 20.7 Å². The Labute approximate surface area is 157 Å². The predicted molar refractivity (Wildman–Crippen MR) is 102 cm³/mol. The molecule has 0 radical (unpaired) electrons. The fourth-order valence-electron chi connectivity index (χ4n) is 1.73. The lowest BCUT2D eigenvalue weighted by molar-refractivity contribution is -0.121. The van der Waals surface area contributed by atoms with E-state index < -0.39 is 10.0 Å². The number of guanidine groups is 1. The number of rotatable bonds is 7. The number of halogens is 1. The van der Waals surface area contributed by atoms with Gasteiger partial charge in [-0.05, 0) is 32.9 Å². The molecular formula is C14H24ClN5O3S2. The number of thiophene rings is 1. The molecule has 4 N–H and O–H groups in total. The van der Waals surface area contributed by atoms with Crippen molar-refractivity contribution in [2.45, 2.75) is 30.5 Å². The summed E-state index contributed by atoms with van der Waals surface area (Å²) in [4.78, 5) is 15.7. The highest BCUT2D eigenvalue weighted by molar-refractivity contribution is 7.91. The Morgan fingerprint density at radius 1 is 1.24 bits per heavy atom. The van der Waals surface area contributed by atoms with E-state index >= 15 is 0 Å². The quantitative estimate of drug-likeness (QED) is 0.302. The van der Waals surface area contributed by atoms with Gasteiger partial charge in [-0.3, -0.25) is 9.79 Å². The molecule has 0 fully saturated rings. The van der Waals surface area contributed by atoms with Crippen molar-refractivity contribution in [3.63, 3.8) is 0 Å². The van der Waals surface area contributed by atoms with Crippen molar-refractivity contribution in [3.8, 4) is 0 Å². The molecule has 1 aromatic rings. The van der Waals surface area contributed by atoms with Crippen LogP contribution in [0.5, 0.6) is 0 Å². The Morgan fingerprint density at radius 3 is 2.44 bits per heavy atom. The van der Waals surface area contributed by atoms with Crippen LogP contribution in [0, 0.1) is 0 Å². The molecule has 1 heterocycles. The Morgan fingerprint density at radius 2 is 1.92 bits per heavy atom. The zero-order valence-corrected chi connectivity index (χ0v) is 17.0. The van der Waals surface area contributed by atoms with Crippen LogP contribution in [-0.4, -0.2) is 52.5 Å². The van der Waals surface area contributed by atoms with Gasteiger partial charge in [0.05, 0.1) is 10.9 Å². The molecule has 8 nitrogen and oxygen atoms in total. The minimum absolute atomic E-state index is 0.0658. The number of hydrogen-bond donors (Lipinski definition) is 4. The summed E-state index contributed by atoms with van der Waals surface area (Å²) < 4.78 is 27.1. The zero-order valence-electron chi connectivity index (χ0n) is 14.6. The van der Waals surface area contributed by atoms with Crippen LogP contribution >= 0.6 is 22.9 Å². The second-order valence-electron chi connectivity index (χ2n) is 6.11. The molecule has 11 heteroatoms. The predicted octanol–water partition coefficient (Wildman–Crippen LogP) is 0.760. The van der Waals surface area contributed by atoms with Gasteiger partial charge < -0.3 is 16.0 Å². The average Bonchev–Trinajstić information content (AvgIpc) is 2.92. The Kier molecular flexibility index (Phi) is 8.13. The third-order valence-corrected chi connectivity index (χ3v) is 5.86. The normalized spacial score (nSPS) is 12.8. The van der Waals surface area contributed by atoms with Crippen molar-refractivity contribution < 1.29 is 13.2 Å². The van der Waals surface area contributed by atoms with E-state index in [9.17, 15) is 13.2 Å². The largest absolute Gasteiger partial charge is 0.355 e. The number of aliphatic imine (C=N–C) groups is 1. The average molecular weight is 410 g/mol. The van der Waals surface area contributed by atoms with Gasteiger partial charge in [-0.1, -0.05) is 11.6 Å². The number of carbonyl (C=O) groups excluding carboxylic acids is 1. The minimum Gasteiger partial charge on any atom is -0.355 e. The standard InChI is InChI=1S/C14H24ClN5O3S2/c1-14(2,3)20-11(21)9-18-13(16-4)17-7-8-19-25(22,23)12-6-5-10(15)24-12/h5-6,19H,7-9H2,1-4H3,(H,20,21)(H2,16,17,18). The maximum absolute atomic E-state index is 12.0. The molecule has 0 aliphatic heterocycles. The molecule has 0 aromatic carbocycles. The van der Waals surface area contributed by atoms with Crippen molar-refractivity contribution in [2.75, 3.05) is 26.7 Å². The highest BCUT2D eigenvalue weighted by Gasteiger charge is 2.16. The van der Waals surface area contributed by atoms with E-state index in [0.717, 1.165) is 11.3 Å². The molecule has 1 rings (SSSR count). The van der Waals surface area contributed by atoms with E-state index in [-0.39, 0.29) is 28.7 Å². The van der Waals surface area contributed by atoms with Gasteiger partial charge in [-0.2, -0.15) is 0 Å². The van der Waals surface area contributed by atoms with E-state index in [1.54, 1.807) is 7.05 Å². The summed E-state index contributed by atoms with van der Waals surface area (Å²) in [6, 6.07) is 2.99. The van der Waals surface area contributed by atoms with Crippen molar-refractivity contribution in [2.24, 2.45) is 4.99 Å². The summed E-state index contributed by atoms with van der Waals surface area (Å²) in [7, 11) is -2.01. The maximum atomic E-state index is 12.0. The molecule has 0 bridgehead atoms. The summed E-state index contributed by atoms with van der Waals surface area (Å²) in [5.74, 6) is 0.244. The van der Waals surface area contributed by atoms with Crippen LogP contribution in [0.4, 0.5) is 0 Å². The number of nitrogens with one attached hydrogen (secondary N) is 4. The first kappa shape index (κ1) is 21.7. The molecule has 0 aliphatic rings. The summed E-state index contributed by atoms with van der Waals surface area (Å²) >= 11 is 6.74. The SMILES string of the molecule is CN=C(NCCNS(=O)(=O)c1ccc(Cl)s1)NCC(=O)NC(C)(C)C. The van der Waals surface area contributed by atoms with Crippen LogP contribution in [-0.2, 0) is 14.8 Å². The topological polar surface area (TPSA) is 112 Å². The van der Waals surface area contributed by atoms with Crippen molar-refractivity contribution in [1.82, 2.24) is 20.7 Å². The number of hydrogen-bond acceptors (Lipinski definition) is 5. The van der Waals surface area contributed by atoms with Crippen LogP contribution in [0.25, 0.3) is 0 Å². The van der Waals surface area contributed by atoms with E-state index in [1.165, 1.54) is 12.1 Å². The van der Waals surface area contributed by atoms with Crippen molar-refractivity contribution in [1.29, 1.82) is 0 Å². The smallest absolute Gasteiger partial charge is 0.250 e. The molecule has 0 aliphatic carbocycles. The summed E-state index contributed by atoms with van der Waals surface area (Å²) in [5.41, 5.74) is -0.307. The molecule has 25 heavy (non-hydrogen) atoms. The second-order valence-corrected chi connectivity index (χ2v) is 9.82. The van der Waals surface area contributed by atoms with Crippen LogP contribution in [0.2, 0.25) is 4.34 Å². The van der Waals surface area contributed by atoms with E-state index in [1.807, 2.05) is 20.8 Å². The lowest BCUT2D eigenvalue weighted by atomic mass is 10.1. The molecule has 1 amide bonds. The van der Waals surface area contributed by atoms with Crippen molar-refractivity contribution in [3.05, 3.63) is 16.5 Å². The molecule has 0 saturated carbocycles. The van der Waals surface area contributed by atoms with Crippen molar-refractivity contribution >= 4 is 44.8 Å². The lowest BCUT2D eigenvalue weighted by Crippen LogP contribution is -2.48. The molecule has 0 unspecified atom stereocenters. The first-order valence-electron chi connectivity index (χ1n) is 7.54. The minimum atomic E-state index is -3.57. The number of amides is 1. The maximum Gasteiger partial charge on any atom is 0.250 e. The van der Waals surface area contributed by atoms with Gasteiger partial charge in [0, 0.05) is 25.7 Å². The molecule has 0 saturated heterocycles. The van der Waals surface area contributed by atoms with Gasteiger partial charge in [0.1, 0.15) is 4.21 Å². The van der Waals surface area contributed by atoms with Crippen LogP contribution in [0.3, 0.4) is 0 Å². The van der Waals surface area contributed by atoms with Gasteiger partial charge in [0.15, 0.2) is 5.96 Å². The number of nitrogens with zero attached hydrogens (tertiary/aromatic N) is 1. The van der Waals surface area contributed by atoms with Gasteiger partial charge in [0.2, 0.25) is 15.9 Å². The Bertz CT molecular complexity index is 710. The number of sulfonamides is 1. The fourth-order valence-corrected chi connectivity index (χ4v) is 4.29. The molecule has 142 valence electrons. The summed E-state index contributed by atoms with van der Waals surface area (Å²) in [6.07, 6.45) is 0. The molecular weight excluding hydrogens is 386 g/mol. The van der Waals surface area contributed by atoms with E-state index in [2.05, 4.69) is 25.7 Å². The first-order chi connectivity index (χ1) is 11.5. The third kappa shape index (κ3) is 8.52. The van der Waals surface area contributed by atoms with Gasteiger partial charge in [0.25, 0.3) is 0 Å². The first-order valence-corrected chi connectivity index (χ1v) is 10.2. The molecule has 0 spiro atoms. The van der Waals surface area contributed by atoms with Gasteiger partial charge in [-0.15, -0.1) is 11.3 Å². The van der Waals surface area contributed by atoms with E-state index in [0.29, 0.717) is 16.8 Å². The Balaban J connectivity index is 2.35. The molecule has 1 aromatic heterocycles. The second kappa shape index (κ2) is 9.37. The Hall–Kier alpha value is -1.36. The highest BCUT2D eigenvalue weighted by Crippen LogP contribution is 2.24. The lowest BCUT2D eigenvalue weighted by Gasteiger charge is -2.21. The summed E-state index contributed by atoms with van der Waals surface area (Å²) in [5, 5.41) is 8.61.